The normalized spacial score (nSPS) is 14.5. The van der Waals surface area contributed by atoms with Gasteiger partial charge in [-0.2, -0.15) is 0 Å². The Bertz CT molecular complexity index is 255. The maximum atomic E-state index is 11.0. The Morgan fingerprint density at radius 3 is 2.67 bits per heavy atom. The molecule has 0 atom stereocenters. The van der Waals surface area contributed by atoms with Crippen LogP contribution in [0.4, 0.5) is 0 Å². The molecule has 7 heteroatoms. The molecule has 0 aromatic heterocycles. The molecule has 0 unspecified atom stereocenters. The van der Waals surface area contributed by atoms with Crippen molar-refractivity contribution in [1.82, 2.24) is 5.06 Å². The molecular formula is C8H9BNO4U-. The van der Waals surface area contributed by atoms with Crippen LogP contribution < -0.4 is 0 Å². The molecule has 2 amide bonds. The number of rotatable bonds is 4. The van der Waals surface area contributed by atoms with Gasteiger partial charge in [0.2, 0.25) is 5.91 Å². The van der Waals surface area contributed by atoms with Crippen molar-refractivity contribution in [3.05, 3.63) is 6.42 Å². The summed E-state index contributed by atoms with van der Waals surface area (Å²) in [7, 11) is 5.18. The van der Waals surface area contributed by atoms with Gasteiger partial charge in [-0.25, -0.2) is 4.79 Å². The molecule has 1 heterocycles. The van der Waals surface area contributed by atoms with Crippen LogP contribution in [0.25, 0.3) is 0 Å². The Morgan fingerprint density at radius 1 is 1.53 bits per heavy atom. The standard InChI is InChI=1S/C8H9BNO4.U/c9-5-1-2-8(13)14-10-6(11)3-4-7(10)12;/h3H,1-2,4-5H2;/q-1;. The van der Waals surface area contributed by atoms with Gasteiger partial charge in [-0.1, -0.05) is 19.2 Å². The summed E-state index contributed by atoms with van der Waals surface area (Å²) in [6, 6.07) is 0. The van der Waals surface area contributed by atoms with Crippen molar-refractivity contribution in [3.8, 4) is 0 Å². The minimum absolute atomic E-state index is 0. The minimum atomic E-state index is -0.618. The summed E-state index contributed by atoms with van der Waals surface area (Å²) in [6.07, 6.45) is 2.09. The largest absolute Gasteiger partial charge is 0.333 e. The van der Waals surface area contributed by atoms with E-state index < -0.39 is 17.8 Å². The predicted molar refractivity (Wildman–Crippen MR) is 46.7 cm³/mol. The molecule has 1 aliphatic heterocycles. The van der Waals surface area contributed by atoms with Crippen LogP contribution in [0.2, 0.25) is 6.32 Å². The number of carbonyl (C=O) groups excluding carboxylic acids is 3. The molecule has 2 radical (unpaired) electrons. The summed E-state index contributed by atoms with van der Waals surface area (Å²) < 4.78 is 0. The quantitative estimate of drug-likeness (QED) is 0.350. The van der Waals surface area contributed by atoms with E-state index in [4.69, 9.17) is 7.85 Å². The molecule has 0 aromatic carbocycles. The van der Waals surface area contributed by atoms with Crippen molar-refractivity contribution in [3.63, 3.8) is 0 Å². The van der Waals surface area contributed by atoms with Crippen LogP contribution in [0, 0.1) is 37.5 Å². The third kappa shape index (κ3) is 4.31. The Labute approximate surface area is 113 Å². The maximum Gasteiger partial charge on any atom is 0.333 e. The van der Waals surface area contributed by atoms with Crippen molar-refractivity contribution in [2.45, 2.75) is 25.6 Å². The monoisotopic (exact) mass is 432 g/mol. The topological polar surface area (TPSA) is 63.7 Å². The van der Waals surface area contributed by atoms with Crippen molar-refractivity contribution in [2.75, 3.05) is 0 Å². The van der Waals surface area contributed by atoms with Gasteiger partial charge in [0.05, 0.1) is 7.85 Å². The zero-order valence-electron chi connectivity index (χ0n) is 8.06. The second-order valence-corrected chi connectivity index (χ2v) is 2.79. The van der Waals surface area contributed by atoms with Gasteiger partial charge in [0, 0.05) is 37.5 Å². The molecule has 0 aliphatic carbocycles. The molecule has 0 bridgehead atoms. The summed E-state index contributed by atoms with van der Waals surface area (Å²) in [5, 5.41) is 0.485. The smallest absolute Gasteiger partial charge is 0.333 e. The second kappa shape index (κ2) is 6.97. The third-order valence-corrected chi connectivity index (χ3v) is 1.66. The van der Waals surface area contributed by atoms with Crippen LogP contribution >= 0.6 is 0 Å². The average Bonchev–Trinajstić information content (AvgIpc) is 2.46. The average molecular weight is 432 g/mol. The summed E-state index contributed by atoms with van der Waals surface area (Å²) in [4.78, 5) is 37.5. The fourth-order valence-electron chi connectivity index (χ4n) is 0.953. The van der Waals surface area contributed by atoms with Gasteiger partial charge in [0.15, 0.2) is 0 Å². The number of nitrogens with zero attached hydrogens (tertiary/aromatic N) is 1. The van der Waals surface area contributed by atoms with Gasteiger partial charge in [-0.05, 0) is 0 Å². The van der Waals surface area contributed by atoms with E-state index in [1.165, 1.54) is 6.42 Å². The Kier molecular flexibility index (Phi) is 6.78. The van der Waals surface area contributed by atoms with Crippen LogP contribution in [0.3, 0.4) is 0 Å². The van der Waals surface area contributed by atoms with E-state index >= 15 is 0 Å². The zero-order chi connectivity index (χ0) is 10.6. The predicted octanol–water partition coefficient (Wildman–Crippen LogP) is -0.225. The Balaban J connectivity index is 0.00000196. The van der Waals surface area contributed by atoms with Crippen LogP contribution in [-0.2, 0) is 19.2 Å². The van der Waals surface area contributed by atoms with E-state index in [9.17, 15) is 14.4 Å². The van der Waals surface area contributed by atoms with E-state index in [0.717, 1.165) is 0 Å². The van der Waals surface area contributed by atoms with Gasteiger partial charge in [0.1, 0.15) is 5.91 Å². The molecule has 1 fully saturated rings. The SMILES string of the molecule is [B]CCCC(=O)ON1C(=O)[CH-]CC1=O.[U]. The molecular weight excluding hydrogens is 423 g/mol. The molecule has 1 saturated heterocycles. The number of amides is 2. The van der Waals surface area contributed by atoms with Crippen LogP contribution in [0.1, 0.15) is 19.3 Å². The number of imide groups is 1. The van der Waals surface area contributed by atoms with Crippen molar-refractivity contribution in [1.29, 1.82) is 0 Å². The summed E-state index contributed by atoms with van der Waals surface area (Å²) >= 11 is 0. The summed E-state index contributed by atoms with van der Waals surface area (Å²) in [5.41, 5.74) is 0. The Morgan fingerprint density at radius 2 is 2.20 bits per heavy atom. The molecule has 5 nitrogen and oxygen atoms in total. The van der Waals surface area contributed by atoms with E-state index in [1.54, 1.807) is 0 Å². The zero-order valence-corrected chi connectivity index (χ0v) is 12.2. The minimum Gasteiger partial charge on any atom is -0.333 e. The Hall–Kier alpha value is -0.403. The molecule has 15 heavy (non-hydrogen) atoms. The molecule has 0 aromatic rings. The van der Waals surface area contributed by atoms with Gasteiger partial charge in [-0.3, -0.25) is 11.2 Å². The first-order chi connectivity index (χ1) is 6.65. The van der Waals surface area contributed by atoms with Crippen LogP contribution in [0.5, 0.6) is 0 Å². The number of carbonyl (C=O) groups is 3. The fraction of sp³-hybridized carbons (Fsp3) is 0.500. The van der Waals surface area contributed by atoms with Crippen LogP contribution in [0.15, 0.2) is 0 Å². The molecule has 1 aliphatic rings. The van der Waals surface area contributed by atoms with Crippen molar-refractivity contribution < 1.29 is 50.3 Å². The second-order valence-electron chi connectivity index (χ2n) is 2.79. The molecule has 0 saturated carbocycles. The van der Waals surface area contributed by atoms with E-state index in [2.05, 4.69) is 4.84 Å². The number of hydroxylamine groups is 2. The van der Waals surface area contributed by atoms with Gasteiger partial charge in [-0.15, -0.1) is 5.06 Å². The summed E-state index contributed by atoms with van der Waals surface area (Å²) in [6.45, 7) is 0. The van der Waals surface area contributed by atoms with E-state index in [-0.39, 0.29) is 44.0 Å². The number of hydrogen-bond donors (Lipinski definition) is 0. The van der Waals surface area contributed by atoms with Gasteiger partial charge < -0.3 is 9.63 Å². The van der Waals surface area contributed by atoms with Crippen molar-refractivity contribution >= 4 is 25.6 Å². The molecule has 78 valence electrons. The first-order valence-electron chi connectivity index (χ1n) is 4.26. The maximum absolute atomic E-state index is 11.0. The fourth-order valence-corrected chi connectivity index (χ4v) is 0.953. The first kappa shape index (κ1) is 14.6. The molecule has 0 N–H and O–H groups in total. The van der Waals surface area contributed by atoms with E-state index in [0.29, 0.717) is 17.8 Å². The third-order valence-electron chi connectivity index (χ3n) is 1.66. The summed E-state index contributed by atoms with van der Waals surface area (Å²) in [5.74, 6) is -1.72. The van der Waals surface area contributed by atoms with E-state index in [1.807, 2.05) is 0 Å². The number of hydrogen-bond acceptors (Lipinski definition) is 4. The van der Waals surface area contributed by atoms with Crippen LogP contribution in [-0.4, -0.2) is 30.7 Å². The van der Waals surface area contributed by atoms with Crippen molar-refractivity contribution in [2.24, 2.45) is 0 Å². The first-order valence-corrected chi connectivity index (χ1v) is 4.26. The van der Waals surface area contributed by atoms with Gasteiger partial charge >= 0.3 is 5.97 Å². The molecule has 0 spiro atoms. The molecule has 1 rings (SSSR count). The van der Waals surface area contributed by atoms with Gasteiger partial charge in [0.25, 0.3) is 0 Å².